The van der Waals surface area contributed by atoms with Gasteiger partial charge in [0.15, 0.2) is 0 Å². The zero-order valence-electron chi connectivity index (χ0n) is 11.5. The quantitative estimate of drug-likeness (QED) is 0.928. The molecule has 1 saturated carbocycles. The molecule has 106 valence electrons. The lowest BCUT2D eigenvalue weighted by molar-refractivity contribution is 0.225. The highest BCUT2D eigenvalue weighted by Gasteiger charge is 2.29. The van der Waals surface area contributed by atoms with Gasteiger partial charge in [-0.3, -0.25) is 4.90 Å². The van der Waals surface area contributed by atoms with Crippen molar-refractivity contribution in [2.45, 2.75) is 25.4 Å². The first kappa shape index (κ1) is 12.3. The number of piperazine rings is 1. The summed E-state index contributed by atoms with van der Waals surface area (Å²) in [4.78, 5) is 7.11. The van der Waals surface area contributed by atoms with Gasteiger partial charge in [-0.15, -0.1) is 0 Å². The van der Waals surface area contributed by atoms with Crippen LogP contribution in [0.5, 0.6) is 0 Å². The second-order valence-electron chi connectivity index (χ2n) is 5.79. The maximum atomic E-state index is 13.4. The van der Waals surface area contributed by atoms with Gasteiger partial charge in [-0.05, 0) is 25.0 Å². The van der Waals surface area contributed by atoms with Crippen molar-refractivity contribution in [3.8, 4) is 0 Å². The van der Waals surface area contributed by atoms with Crippen LogP contribution in [0.2, 0.25) is 0 Å². The highest BCUT2D eigenvalue weighted by molar-refractivity contribution is 5.76. The van der Waals surface area contributed by atoms with Crippen molar-refractivity contribution in [1.29, 1.82) is 0 Å². The Kier molecular flexibility index (Phi) is 2.97. The van der Waals surface area contributed by atoms with E-state index in [1.165, 1.54) is 18.9 Å². The molecule has 0 bridgehead atoms. The van der Waals surface area contributed by atoms with Crippen LogP contribution in [0.4, 0.5) is 4.39 Å². The van der Waals surface area contributed by atoms with Gasteiger partial charge < -0.3 is 9.88 Å². The Bertz CT molecular complexity index is 626. The average Bonchev–Trinajstić information content (AvgIpc) is 3.22. The molecule has 2 aromatic rings. The zero-order chi connectivity index (χ0) is 13.5. The number of hydrogen-bond acceptors (Lipinski definition) is 3. The van der Waals surface area contributed by atoms with Crippen molar-refractivity contribution in [2.75, 3.05) is 26.2 Å². The molecule has 1 aromatic heterocycles. The van der Waals surface area contributed by atoms with E-state index in [4.69, 9.17) is 0 Å². The molecule has 0 atom stereocenters. The summed E-state index contributed by atoms with van der Waals surface area (Å²) in [6, 6.07) is 5.54. The summed E-state index contributed by atoms with van der Waals surface area (Å²) in [7, 11) is 0. The van der Waals surface area contributed by atoms with Crippen LogP contribution in [-0.4, -0.2) is 40.6 Å². The van der Waals surface area contributed by atoms with Gasteiger partial charge in [0.1, 0.15) is 11.6 Å². The smallest absolute Gasteiger partial charge is 0.125 e. The Morgan fingerprint density at radius 2 is 2.05 bits per heavy atom. The number of imidazole rings is 1. The van der Waals surface area contributed by atoms with Gasteiger partial charge in [-0.2, -0.15) is 0 Å². The highest BCUT2D eigenvalue weighted by atomic mass is 19.1. The fraction of sp³-hybridized carbons (Fsp3) is 0.533. The maximum absolute atomic E-state index is 13.4. The monoisotopic (exact) mass is 274 g/mol. The lowest BCUT2D eigenvalue weighted by Crippen LogP contribution is -2.43. The molecule has 20 heavy (non-hydrogen) atoms. The third-order valence-corrected chi connectivity index (χ3v) is 4.21. The van der Waals surface area contributed by atoms with Gasteiger partial charge >= 0.3 is 0 Å². The predicted molar refractivity (Wildman–Crippen MR) is 76.1 cm³/mol. The maximum Gasteiger partial charge on any atom is 0.125 e. The first-order valence-corrected chi connectivity index (χ1v) is 7.41. The molecule has 2 aliphatic rings. The summed E-state index contributed by atoms with van der Waals surface area (Å²) in [6.45, 7) is 5.06. The van der Waals surface area contributed by atoms with Crippen molar-refractivity contribution in [3.63, 3.8) is 0 Å². The van der Waals surface area contributed by atoms with E-state index in [1.807, 2.05) is 6.07 Å². The minimum absolute atomic E-state index is 0.202. The summed E-state index contributed by atoms with van der Waals surface area (Å²) in [5, 5.41) is 3.37. The van der Waals surface area contributed by atoms with E-state index < -0.39 is 0 Å². The van der Waals surface area contributed by atoms with Crippen LogP contribution in [0.3, 0.4) is 0 Å². The number of hydrogen-bond donors (Lipinski definition) is 1. The fourth-order valence-corrected chi connectivity index (χ4v) is 3.04. The summed E-state index contributed by atoms with van der Waals surface area (Å²) in [6.07, 6.45) is 2.44. The number of nitrogens with zero attached hydrogens (tertiary/aromatic N) is 3. The molecule has 0 radical (unpaired) electrons. The van der Waals surface area contributed by atoms with Crippen LogP contribution >= 0.6 is 0 Å². The summed E-state index contributed by atoms with van der Waals surface area (Å²) in [5.74, 6) is 0.890. The highest BCUT2D eigenvalue weighted by Crippen LogP contribution is 2.39. The van der Waals surface area contributed by atoms with E-state index >= 15 is 0 Å². The van der Waals surface area contributed by atoms with Crippen molar-refractivity contribution < 1.29 is 4.39 Å². The number of benzene rings is 1. The van der Waals surface area contributed by atoms with E-state index in [0.717, 1.165) is 49.6 Å². The number of nitrogens with one attached hydrogen (secondary N) is 1. The van der Waals surface area contributed by atoms with Gasteiger partial charge in [0.25, 0.3) is 0 Å². The van der Waals surface area contributed by atoms with Gasteiger partial charge in [0.2, 0.25) is 0 Å². The molecule has 5 heteroatoms. The van der Waals surface area contributed by atoms with E-state index in [1.54, 1.807) is 6.07 Å². The second kappa shape index (κ2) is 4.82. The number of halogens is 1. The van der Waals surface area contributed by atoms with Crippen LogP contribution in [0.1, 0.15) is 24.7 Å². The van der Waals surface area contributed by atoms with Gasteiger partial charge in [-0.25, -0.2) is 9.37 Å². The van der Waals surface area contributed by atoms with E-state index in [9.17, 15) is 4.39 Å². The fourth-order valence-electron chi connectivity index (χ4n) is 3.04. The molecule has 0 spiro atoms. The second-order valence-corrected chi connectivity index (χ2v) is 5.79. The van der Waals surface area contributed by atoms with Crippen molar-refractivity contribution >= 4 is 11.0 Å². The topological polar surface area (TPSA) is 33.1 Å². The van der Waals surface area contributed by atoms with Crippen LogP contribution < -0.4 is 5.32 Å². The predicted octanol–water partition coefficient (Wildman–Crippen LogP) is 1.92. The van der Waals surface area contributed by atoms with Crippen molar-refractivity contribution in [3.05, 3.63) is 29.8 Å². The van der Waals surface area contributed by atoms with Crippen molar-refractivity contribution in [1.82, 2.24) is 19.8 Å². The van der Waals surface area contributed by atoms with E-state index in [2.05, 4.69) is 19.8 Å². The standard InChI is InChI=1S/C15H19FN4/c16-11-1-4-14-13(9-11)18-15(20(14)12-2-3-12)10-19-7-5-17-6-8-19/h1,4,9,12,17H,2-3,5-8,10H2. The minimum Gasteiger partial charge on any atom is -0.324 e. The minimum atomic E-state index is -0.202. The molecule has 1 aromatic carbocycles. The lowest BCUT2D eigenvalue weighted by atomic mass is 10.3. The normalized spacial score (nSPS) is 20.6. The summed E-state index contributed by atoms with van der Waals surface area (Å²) >= 11 is 0. The van der Waals surface area contributed by atoms with Crippen molar-refractivity contribution in [2.24, 2.45) is 0 Å². The Hall–Kier alpha value is -1.46. The van der Waals surface area contributed by atoms with Gasteiger partial charge in [-0.1, -0.05) is 0 Å². The van der Waals surface area contributed by atoms with Gasteiger partial charge in [0, 0.05) is 38.3 Å². The lowest BCUT2D eigenvalue weighted by Gasteiger charge is -2.27. The van der Waals surface area contributed by atoms with E-state index in [0.29, 0.717) is 6.04 Å². The largest absolute Gasteiger partial charge is 0.324 e. The Morgan fingerprint density at radius 3 is 2.80 bits per heavy atom. The van der Waals surface area contributed by atoms with Crippen LogP contribution in [0.15, 0.2) is 18.2 Å². The molecule has 0 amide bonds. The third kappa shape index (κ3) is 2.21. The molecule has 2 heterocycles. The Morgan fingerprint density at radius 1 is 1.25 bits per heavy atom. The summed E-state index contributed by atoms with van der Waals surface area (Å²) in [5.41, 5.74) is 1.88. The molecule has 0 unspecified atom stereocenters. The average molecular weight is 274 g/mol. The zero-order valence-corrected chi connectivity index (χ0v) is 11.5. The number of fused-ring (bicyclic) bond motifs is 1. The number of aromatic nitrogens is 2. The molecule has 1 aliphatic heterocycles. The van der Waals surface area contributed by atoms with Gasteiger partial charge in [0.05, 0.1) is 17.6 Å². The Labute approximate surface area is 117 Å². The molecule has 4 rings (SSSR count). The SMILES string of the molecule is Fc1ccc2c(c1)nc(CN1CCNCC1)n2C1CC1. The molecule has 1 N–H and O–H groups in total. The third-order valence-electron chi connectivity index (χ3n) is 4.21. The van der Waals surface area contributed by atoms with Crippen LogP contribution in [-0.2, 0) is 6.54 Å². The van der Waals surface area contributed by atoms with Crippen LogP contribution in [0.25, 0.3) is 11.0 Å². The molecule has 4 nitrogen and oxygen atoms in total. The molecule has 1 aliphatic carbocycles. The molecule has 2 fully saturated rings. The first-order valence-electron chi connectivity index (χ1n) is 7.41. The Balaban J connectivity index is 1.71. The molecular formula is C15H19FN4. The van der Waals surface area contributed by atoms with E-state index in [-0.39, 0.29) is 5.82 Å². The number of rotatable bonds is 3. The first-order chi connectivity index (χ1) is 9.81. The van der Waals surface area contributed by atoms with Crippen LogP contribution in [0, 0.1) is 5.82 Å². The molecule has 1 saturated heterocycles. The summed E-state index contributed by atoms with van der Waals surface area (Å²) < 4.78 is 15.7. The molecular weight excluding hydrogens is 255 g/mol.